The zero-order valence-corrected chi connectivity index (χ0v) is 14.6. The summed E-state index contributed by atoms with van der Waals surface area (Å²) in [5.41, 5.74) is 1.73. The van der Waals surface area contributed by atoms with Crippen LogP contribution in [0.2, 0.25) is 5.02 Å². The van der Waals surface area contributed by atoms with Crippen LogP contribution in [0, 0.1) is 6.92 Å². The maximum atomic E-state index is 12.3. The summed E-state index contributed by atoms with van der Waals surface area (Å²) in [5, 5.41) is 13.5. The van der Waals surface area contributed by atoms with E-state index in [4.69, 9.17) is 21.1 Å². The van der Waals surface area contributed by atoms with Crippen LogP contribution in [0.1, 0.15) is 27.6 Å². The molecule has 2 aromatic rings. The first-order valence-electron chi connectivity index (χ1n) is 7.41. The summed E-state index contributed by atoms with van der Waals surface area (Å²) in [6.07, 6.45) is -0.942. The third kappa shape index (κ3) is 3.99. The van der Waals surface area contributed by atoms with Crippen LogP contribution < -0.4 is 14.8 Å². The van der Waals surface area contributed by atoms with Gasteiger partial charge in [-0.25, -0.2) is 0 Å². The minimum Gasteiger partial charge on any atom is -0.497 e. The molecule has 0 radical (unpaired) electrons. The van der Waals surface area contributed by atoms with Crippen molar-refractivity contribution < 1.29 is 19.4 Å². The van der Waals surface area contributed by atoms with E-state index in [-0.39, 0.29) is 12.5 Å². The lowest BCUT2D eigenvalue weighted by molar-refractivity contribution is 0.0914. The number of aryl methyl sites for hydroxylation is 1. The third-order valence-electron chi connectivity index (χ3n) is 3.69. The molecule has 1 amide bonds. The van der Waals surface area contributed by atoms with E-state index in [0.717, 1.165) is 5.56 Å². The van der Waals surface area contributed by atoms with E-state index in [2.05, 4.69) is 5.32 Å². The minimum absolute atomic E-state index is 0.0205. The average Bonchev–Trinajstić information content (AvgIpc) is 2.61. The molecule has 128 valence electrons. The molecule has 0 unspecified atom stereocenters. The standard InChI is InChI=1S/C18H20ClNO4/c1-11-5-4-6-13(17(11)19)18(22)20-10-15(21)14-9-12(23-2)7-8-16(14)24-3/h4-9,15,21H,10H2,1-3H3,(H,20,22)/t15-/m0/s1. The lowest BCUT2D eigenvalue weighted by Gasteiger charge is -2.17. The van der Waals surface area contributed by atoms with Crippen LogP contribution in [0.25, 0.3) is 0 Å². The van der Waals surface area contributed by atoms with Crippen molar-refractivity contribution in [1.29, 1.82) is 0 Å². The van der Waals surface area contributed by atoms with Crippen molar-refractivity contribution in [1.82, 2.24) is 5.32 Å². The van der Waals surface area contributed by atoms with E-state index in [1.807, 2.05) is 13.0 Å². The quantitative estimate of drug-likeness (QED) is 0.840. The van der Waals surface area contributed by atoms with Crippen molar-refractivity contribution in [3.05, 3.63) is 58.1 Å². The molecule has 0 heterocycles. The average molecular weight is 350 g/mol. The highest BCUT2D eigenvalue weighted by Gasteiger charge is 2.17. The van der Waals surface area contributed by atoms with Gasteiger partial charge in [0, 0.05) is 12.1 Å². The van der Waals surface area contributed by atoms with Gasteiger partial charge in [0.1, 0.15) is 17.6 Å². The second-order valence-electron chi connectivity index (χ2n) is 5.27. The molecule has 0 bridgehead atoms. The van der Waals surface area contributed by atoms with Gasteiger partial charge in [0.05, 0.1) is 24.8 Å². The van der Waals surface area contributed by atoms with Gasteiger partial charge in [-0.2, -0.15) is 0 Å². The number of carbonyl (C=O) groups excluding carboxylic acids is 1. The monoisotopic (exact) mass is 349 g/mol. The van der Waals surface area contributed by atoms with Crippen LogP contribution >= 0.6 is 11.6 Å². The number of methoxy groups -OCH3 is 2. The number of halogens is 1. The number of amides is 1. The minimum atomic E-state index is -0.942. The number of aliphatic hydroxyl groups is 1. The number of hydrogen-bond donors (Lipinski definition) is 2. The van der Waals surface area contributed by atoms with Crippen molar-refractivity contribution in [3.63, 3.8) is 0 Å². The van der Waals surface area contributed by atoms with Crippen LogP contribution in [0.5, 0.6) is 11.5 Å². The van der Waals surface area contributed by atoms with Crippen molar-refractivity contribution in [3.8, 4) is 11.5 Å². The second kappa shape index (κ2) is 8.04. The summed E-state index contributed by atoms with van der Waals surface area (Å²) in [6.45, 7) is 1.85. The van der Waals surface area contributed by atoms with Gasteiger partial charge < -0.3 is 19.9 Å². The SMILES string of the molecule is COc1ccc(OC)c([C@@H](O)CNC(=O)c2cccc(C)c2Cl)c1. The summed E-state index contributed by atoms with van der Waals surface area (Å²) < 4.78 is 10.4. The van der Waals surface area contributed by atoms with Gasteiger partial charge in [-0.05, 0) is 36.8 Å². The van der Waals surface area contributed by atoms with Gasteiger partial charge in [-0.15, -0.1) is 0 Å². The van der Waals surface area contributed by atoms with Gasteiger partial charge in [0.15, 0.2) is 0 Å². The first-order chi connectivity index (χ1) is 11.5. The summed E-state index contributed by atoms with van der Waals surface area (Å²) >= 11 is 6.15. The molecule has 0 aromatic heterocycles. The first-order valence-corrected chi connectivity index (χ1v) is 7.79. The van der Waals surface area contributed by atoms with Crippen molar-refractivity contribution in [2.75, 3.05) is 20.8 Å². The summed E-state index contributed by atoms with van der Waals surface area (Å²) in [5.74, 6) is 0.772. The number of hydrogen-bond acceptors (Lipinski definition) is 4. The topological polar surface area (TPSA) is 67.8 Å². The Morgan fingerprint density at radius 3 is 2.67 bits per heavy atom. The number of benzene rings is 2. The molecule has 24 heavy (non-hydrogen) atoms. The molecule has 2 aromatic carbocycles. The Morgan fingerprint density at radius 1 is 1.25 bits per heavy atom. The number of carbonyl (C=O) groups is 1. The van der Waals surface area contributed by atoms with Crippen LogP contribution in [0.15, 0.2) is 36.4 Å². The molecular formula is C18H20ClNO4. The highest BCUT2D eigenvalue weighted by atomic mass is 35.5. The molecule has 0 spiro atoms. The fourth-order valence-electron chi connectivity index (χ4n) is 2.32. The molecule has 0 saturated heterocycles. The zero-order valence-electron chi connectivity index (χ0n) is 13.8. The van der Waals surface area contributed by atoms with Gasteiger partial charge in [0.25, 0.3) is 5.91 Å². The molecule has 2 rings (SSSR count). The molecule has 0 saturated carbocycles. The Kier molecular flexibility index (Phi) is 6.06. The van der Waals surface area contributed by atoms with Gasteiger partial charge in [-0.1, -0.05) is 23.7 Å². The molecule has 0 aliphatic rings. The number of aliphatic hydroxyl groups excluding tert-OH is 1. The van der Waals surface area contributed by atoms with E-state index >= 15 is 0 Å². The molecule has 6 heteroatoms. The van der Waals surface area contributed by atoms with E-state index in [0.29, 0.717) is 27.6 Å². The zero-order chi connectivity index (χ0) is 17.7. The van der Waals surface area contributed by atoms with Crippen molar-refractivity contribution >= 4 is 17.5 Å². The Balaban J connectivity index is 2.11. The lowest BCUT2D eigenvalue weighted by Crippen LogP contribution is -2.28. The van der Waals surface area contributed by atoms with E-state index < -0.39 is 6.10 Å². The van der Waals surface area contributed by atoms with Crippen LogP contribution in [-0.2, 0) is 0 Å². The Morgan fingerprint density at radius 2 is 2.00 bits per heavy atom. The molecular weight excluding hydrogens is 330 g/mol. The predicted octanol–water partition coefficient (Wildman–Crippen LogP) is 3.13. The molecule has 1 atom stereocenters. The fraction of sp³-hybridized carbons (Fsp3) is 0.278. The summed E-state index contributed by atoms with van der Waals surface area (Å²) in [4.78, 5) is 12.3. The van der Waals surface area contributed by atoms with Gasteiger partial charge in [-0.3, -0.25) is 4.79 Å². The van der Waals surface area contributed by atoms with E-state index in [1.54, 1.807) is 37.4 Å². The van der Waals surface area contributed by atoms with E-state index in [1.165, 1.54) is 7.11 Å². The highest BCUT2D eigenvalue weighted by molar-refractivity contribution is 6.34. The summed E-state index contributed by atoms with van der Waals surface area (Å²) in [6, 6.07) is 10.3. The van der Waals surface area contributed by atoms with Crippen molar-refractivity contribution in [2.45, 2.75) is 13.0 Å². The maximum Gasteiger partial charge on any atom is 0.252 e. The second-order valence-corrected chi connectivity index (χ2v) is 5.65. The van der Waals surface area contributed by atoms with E-state index in [9.17, 15) is 9.90 Å². The Bertz CT molecular complexity index is 733. The highest BCUT2D eigenvalue weighted by Crippen LogP contribution is 2.29. The van der Waals surface area contributed by atoms with Crippen LogP contribution in [-0.4, -0.2) is 31.8 Å². The molecule has 0 aliphatic heterocycles. The predicted molar refractivity (Wildman–Crippen MR) is 93.0 cm³/mol. The first kappa shape index (κ1) is 18.1. The summed E-state index contributed by atoms with van der Waals surface area (Å²) in [7, 11) is 3.06. The molecule has 5 nitrogen and oxygen atoms in total. The maximum absolute atomic E-state index is 12.3. The van der Waals surface area contributed by atoms with Crippen LogP contribution in [0.3, 0.4) is 0 Å². The largest absolute Gasteiger partial charge is 0.497 e. The smallest absolute Gasteiger partial charge is 0.252 e. The number of ether oxygens (including phenoxy) is 2. The Labute approximate surface area is 146 Å². The van der Waals surface area contributed by atoms with Gasteiger partial charge >= 0.3 is 0 Å². The fourth-order valence-corrected chi connectivity index (χ4v) is 2.53. The molecule has 0 aliphatic carbocycles. The van der Waals surface area contributed by atoms with Crippen molar-refractivity contribution in [2.24, 2.45) is 0 Å². The number of rotatable bonds is 6. The molecule has 0 fully saturated rings. The molecule has 2 N–H and O–H groups in total. The number of nitrogens with one attached hydrogen (secondary N) is 1. The lowest BCUT2D eigenvalue weighted by atomic mass is 10.1. The van der Waals surface area contributed by atoms with Crippen LogP contribution in [0.4, 0.5) is 0 Å². The third-order valence-corrected chi connectivity index (χ3v) is 4.19. The normalized spacial score (nSPS) is 11.7. The Hall–Kier alpha value is -2.24. The van der Waals surface area contributed by atoms with Gasteiger partial charge in [0.2, 0.25) is 0 Å².